The van der Waals surface area contributed by atoms with Gasteiger partial charge in [0.1, 0.15) is 6.54 Å². The first-order valence-corrected chi connectivity index (χ1v) is 7.68. The molecule has 0 aliphatic carbocycles. The summed E-state index contributed by atoms with van der Waals surface area (Å²) in [7, 11) is 0. The topological polar surface area (TPSA) is 49.4 Å². The van der Waals surface area contributed by atoms with Gasteiger partial charge in [-0.1, -0.05) is 23.7 Å². The van der Waals surface area contributed by atoms with Crippen molar-refractivity contribution in [1.82, 2.24) is 0 Å². The van der Waals surface area contributed by atoms with E-state index in [-0.39, 0.29) is 18.4 Å². The molecule has 6 heteroatoms. The van der Waals surface area contributed by atoms with E-state index in [1.807, 2.05) is 12.1 Å². The van der Waals surface area contributed by atoms with E-state index in [2.05, 4.69) is 27.9 Å². The summed E-state index contributed by atoms with van der Waals surface area (Å²) < 4.78 is 0.877. The van der Waals surface area contributed by atoms with Crippen LogP contribution in [-0.4, -0.2) is 18.4 Å². The van der Waals surface area contributed by atoms with Gasteiger partial charge >= 0.3 is 0 Å². The van der Waals surface area contributed by atoms with Crippen LogP contribution in [0.4, 0.5) is 11.4 Å². The maximum absolute atomic E-state index is 12.7. The second-order valence-corrected chi connectivity index (χ2v) is 6.15. The molecular weight excluding hydrogens is 403 g/mol. The summed E-state index contributed by atoms with van der Waals surface area (Å²) in [5.74, 6) is -0.450. The maximum Gasteiger partial charge on any atom is 0.258 e. The van der Waals surface area contributed by atoms with E-state index in [9.17, 15) is 9.59 Å². The molecule has 0 unspecified atom stereocenters. The van der Waals surface area contributed by atoms with Crippen LogP contribution >= 0.6 is 34.2 Å². The first-order chi connectivity index (χ1) is 10.1. The number of para-hydroxylation sites is 2. The van der Waals surface area contributed by atoms with Crippen LogP contribution in [0.2, 0.25) is 5.02 Å². The summed E-state index contributed by atoms with van der Waals surface area (Å²) in [6, 6.07) is 12.3. The largest absolute Gasteiger partial charge is 0.323 e. The highest BCUT2D eigenvalue weighted by Crippen LogP contribution is 2.30. The van der Waals surface area contributed by atoms with Gasteiger partial charge < -0.3 is 5.32 Å². The molecular formula is C15H10ClIN2O2. The van der Waals surface area contributed by atoms with Crippen molar-refractivity contribution in [2.24, 2.45) is 0 Å². The number of halogens is 2. The Kier molecular flexibility index (Phi) is 3.86. The highest BCUT2D eigenvalue weighted by molar-refractivity contribution is 14.1. The lowest BCUT2D eigenvalue weighted by atomic mass is 10.1. The van der Waals surface area contributed by atoms with Crippen LogP contribution in [0.5, 0.6) is 0 Å². The van der Waals surface area contributed by atoms with Gasteiger partial charge in [-0.3, -0.25) is 14.5 Å². The lowest BCUT2D eigenvalue weighted by molar-refractivity contribution is -0.115. The van der Waals surface area contributed by atoms with Crippen LogP contribution < -0.4 is 10.2 Å². The Balaban J connectivity index is 2.01. The molecule has 0 saturated heterocycles. The molecule has 0 bridgehead atoms. The Bertz CT molecular complexity index is 748. The summed E-state index contributed by atoms with van der Waals surface area (Å²) in [5, 5.41) is 3.28. The van der Waals surface area contributed by atoms with Gasteiger partial charge in [-0.25, -0.2) is 0 Å². The second kappa shape index (κ2) is 5.65. The third kappa shape index (κ3) is 2.75. The number of amides is 2. The number of hydrogen-bond donors (Lipinski definition) is 1. The van der Waals surface area contributed by atoms with E-state index in [0.29, 0.717) is 22.0 Å². The molecule has 21 heavy (non-hydrogen) atoms. The molecule has 1 N–H and O–H groups in total. The number of fused-ring (bicyclic) bond motifs is 1. The van der Waals surface area contributed by atoms with Crippen LogP contribution in [0.15, 0.2) is 42.5 Å². The van der Waals surface area contributed by atoms with E-state index < -0.39 is 0 Å². The molecule has 0 saturated carbocycles. The zero-order valence-corrected chi connectivity index (χ0v) is 13.7. The van der Waals surface area contributed by atoms with Crippen molar-refractivity contribution in [3.05, 3.63) is 56.6 Å². The van der Waals surface area contributed by atoms with Gasteiger partial charge in [0.2, 0.25) is 5.91 Å². The molecule has 2 aromatic carbocycles. The van der Waals surface area contributed by atoms with Gasteiger partial charge in [-0.15, -0.1) is 0 Å². The van der Waals surface area contributed by atoms with Crippen LogP contribution in [0, 0.1) is 3.57 Å². The number of carbonyl (C=O) groups is 2. The van der Waals surface area contributed by atoms with Crippen molar-refractivity contribution in [3.8, 4) is 0 Å². The molecule has 1 heterocycles. The summed E-state index contributed by atoms with van der Waals surface area (Å²) in [6.45, 7) is -0.000544. The standard InChI is InChI=1S/C15H10ClIN2O2/c16-10-7-9(5-6-11(10)17)15(21)19-8-14(20)18-12-3-1-2-4-13(12)19/h1-7H,8H2,(H,18,20). The van der Waals surface area contributed by atoms with Gasteiger partial charge in [0.15, 0.2) is 0 Å². The molecule has 106 valence electrons. The second-order valence-electron chi connectivity index (χ2n) is 4.59. The molecule has 1 aliphatic rings. The number of anilines is 2. The number of carbonyl (C=O) groups excluding carboxylic acids is 2. The van der Waals surface area contributed by atoms with E-state index in [4.69, 9.17) is 11.6 Å². The molecule has 2 aromatic rings. The first-order valence-electron chi connectivity index (χ1n) is 6.22. The number of nitrogens with zero attached hydrogens (tertiary/aromatic N) is 1. The molecule has 0 spiro atoms. The van der Waals surface area contributed by atoms with E-state index in [1.165, 1.54) is 4.90 Å². The Morgan fingerprint density at radius 2 is 2.00 bits per heavy atom. The summed E-state index contributed by atoms with van der Waals surface area (Å²) in [5.41, 5.74) is 1.79. The van der Waals surface area contributed by atoms with Crippen LogP contribution in [0.3, 0.4) is 0 Å². The maximum atomic E-state index is 12.7. The third-order valence-electron chi connectivity index (χ3n) is 3.18. The third-order valence-corrected chi connectivity index (χ3v) is 4.75. The number of hydrogen-bond acceptors (Lipinski definition) is 2. The quantitative estimate of drug-likeness (QED) is 0.729. The Morgan fingerprint density at radius 1 is 1.24 bits per heavy atom. The van der Waals surface area contributed by atoms with Crippen molar-refractivity contribution in [1.29, 1.82) is 0 Å². The molecule has 3 rings (SSSR count). The molecule has 0 radical (unpaired) electrons. The number of rotatable bonds is 1. The molecule has 0 aromatic heterocycles. The Labute approximate surface area is 140 Å². The fourth-order valence-corrected chi connectivity index (χ4v) is 2.72. The van der Waals surface area contributed by atoms with Gasteiger partial charge in [0.25, 0.3) is 5.91 Å². The first kappa shape index (κ1) is 14.3. The van der Waals surface area contributed by atoms with E-state index in [0.717, 1.165) is 3.57 Å². The zero-order chi connectivity index (χ0) is 15.0. The lowest BCUT2D eigenvalue weighted by Gasteiger charge is -2.29. The molecule has 2 amide bonds. The SMILES string of the molecule is O=C1CN(C(=O)c2ccc(I)c(Cl)c2)c2ccccc2N1. The zero-order valence-electron chi connectivity index (χ0n) is 10.8. The van der Waals surface area contributed by atoms with Crippen molar-refractivity contribution in [3.63, 3.8) is 0 Å². The average Bonchev–Trinajstić information content (AvgIpc) is 2.48. The monoisotopic (exact) mass is 412 g/mol. The van der Waals surface area contributed by atoms with E-state index >= 15 is 0 Å². The van der Waals surface area contributed by atoms with Crippen LogP contribution in [0.1, 0.15) is 10.4 Å². The van der Waals surface area contributed by atoms with Crippen LogP contribution in [-0.2, 0) is 4.79 Å². The number of nitrogens with one attached hydrogen (secondary N) is 1. The van der Waals surface area contributed by atoms with Gasteiger partial charge in [-0.05, 0) is 52.9 Å². The average molecular weight is 413 g/mol. The van der Waals surface area contributed by atoms with Crippen molar-refractivity contribution >= 4 is 57.4 Å². The summed E-state index contributed by atoms with van der Waals surface area (Å²) >= 11 is 8.17. The normalized spacial score (nSPS) is 13.6. The smallest absolute Gasteiger partial charge is 0.258 e. The van der Waals surface area contributed by atoms with E-state index in [1.54, 1.807) is 30.3 Å². The van der Waals surface area contributed by atoms with Crippen molar-refractivity contribution in [2.45, 2.75) is 0 Å². The molecule has 0 atom stereocenters. The fourth-order valence-electron chi connectivity index (χ4n) is 2.20. The van der Waals surface area contributed by atoms with Crippen LogP contribution in [0.25, 0.3) is 0 Å². The van der Waals surface area contributed by atoms with Crippen molar-refractivity contribution < 1.29 is 9.59 Å². The minimum atomic E-state index is -0.240. The van der Waals surface area contributed by atoms with Gasteiger partial charge in [0.05, 0.1) is 16.4 Å². The predicted octanol–water partition coefficient (Wildman–Crippen LogP) is 3.54. The highest BCUT2D eigenvalue weighted by Gasteiger charge is 2.27. The lowest BCUT2D eigenvalue weighted by Crippen LogP contribution is -2.42. The molecule has 0 fully saturated rings. The van der Waals surface area contributed by atoms with Gasteiger partial charge in [-0.2, -0.15) is 0 Å². The van der Waals surface area contributed by atoms with Crippen molar-refractivity contribution in [2.75, 3.05) is 16.8 Å². The summed E-state index contributed by atoms with van der Waals surface area (Å²) in [6.07, 6.45) is 0. The fraction of sp³-hybridized carbons (Fsp3) is 0.0667. The van der Waals surface area contributed by atoms with Gasteiger partial charge in [0, 0.05) is 9.13 Å². The molecule has 1 aliphatic heterocycles. The number of benzene rings is 2. The summed E-state index contributed by atoms with van der Waals surface area (Å²) in [4.78, 5) is 25.9. The molecule has 4 nitrogen and oxygen atoms in total. The minimum absolute atomic E-state index is 0.000544. The Morgan fingerprint density at radius 3 is 2.76 bits per heavy atom. The predicted molar refractivity (Wildman–Crippen MR) is 90.9 cm³/mol. The Hall–Kier alpha value is -1.60. The highest BCUT2D eigenvalue weighted by atomic mass is 127. The minimum Gasteiger partial charge on any atom is -0.323 e.